The molecule has 1 aromatic carbocycles. The molecule has 15 heavy (non-hydrogen) atoms. The van der Waals surface area contributed by atoms with Gasteiger partial charge < -0.3 is 5.73 Å². The van der Waals surface area contributed by atoms with Gasteiger partial charge in [0.05, 0.1) is 6.21 Å². The summed E-state index contributed by atoms with van der Waals surface area (Å²) in [5, 5.41) is 3.71. The summed E-state index contributed by atoms with van der Waals surface area (Å²) < 4.78 is 14.9. The van der Waals surface area contributed by atoms with Crippen LogP contribution >= 0.6 is 50.7 Å². The first-order valence-electron chi connectivity index (χ1n) is 3.73. The Morgan fingerprint density at radius 2 is 2.33 bits per heavy atom. The minimum absolute atomic E-state index is 0.0402. The molecule has 0 aromatic heterocycles. The number of rotatable bonds is 2. The lowest BCUT2D eigenvalue weighted by molar-refractivity contribution is 0.624. The summed E-state index contributed by atoms with van der Waals surface area (Å²) in [4.78, 5) is 0. The molecule has 7 heteroatoms. The lowest BCUT2D eigenvalue weighted by Crippen LogP contribution is -2.24. The topological polar surface area (TPSA) is 50.4 Å². The summed E-state index contributed by atoms with van der Waals surface area (Å²) in [6, 6.07) is 3.04. The number of hydrogen-bond acceptors (Lipinski definition) is 2. The summed E-state index contributed by atoms with van der Waals surface area (Å²) in [6.45, 7) is 0. The predicted octanol–water partition coefficient (Wildman–Crippen LogP) is 2.36. The Balaban J connectivity index is 2.90. The van der Waals surface area contributed by atoms with E-state index in [1.54, 1.807) is 6.07 Å². The second kappa shape index (κ2) is 5.71. The fraction of sp³-hybridized carbons (Fsp3) is 0. The second-order valence-electron chi connectivity index (χ2n) is 2.52. The highest BCUT2D eigenvalue weighted by atomic mass is 127. The molecule has 0 bridgehead atoms. The Morgan fingerprint density at radius 3 is 2.93 bits per heavy atom. The van der Waals surface area contributed by atoms with Gasteiger partial charge in [-0.25, -0.2) is 4.39 Å². The first-order valence-corrected chi connectivity index (χ1v) is 6.01. The number of nitrogens with one attached hydrogen (secondary N) is 1. The number of nitrogens with two attached hydrogens (primary N) is 1. The van der Waals surface area contributed by atoms with Crippen LogP contribution in [0.25, 0.3) is 0 Å². The van der Waals surface area contributed by atoms with Gasteiger partial charge in [-0.05, 0) is 62.9 Å². The van der Waals surface area contributed by atoms with E-state index in [2.05, 4.69) is 61.3 Å². The fourth-order valence-corrected chi connectivity index (χ4v) is 1.66. The van der Waals surface area contributed by atoms with Crippen LogP contribution in [0, 0.1) is 9.39 Å². The zero-order valence-electron chi connectivity index (χ0n) is 7.30. The highest BCUT2D eigenvalue weighted by Crippen LogP contribution is 2.21. The SMILES string of the molecule is NC(=S)NN=Cc1cc(I)c(Br)cc1F. The van der Waals surface area contributed by atoms with Gasteiger partial charge in [0.2, 0.25) is 0 Å². The maximum absolute atomic E-state index is 13.3. The lowest BCUT2D eigenvalue weighted by atomic mass is 10.2. The van der Waals surface area contributed by atoms with Gasteiger partial charge in [-0.15, -0.1) is 0 Å². The van der Waals surface area contributed by atoms with E-state index in [-0.39, 0.29) is 10.9 Å². The maximum Gasteiger partial charge on any atom is 0.184 e. The van der Waals surface area contributed by atoms with Gasteiger partial charge >= 0.3 is 0 Å². The van der Waals surface area contributed by atoms with Crippen LogP contribution in [0.15, 0.2) is 21.7 Å². The van der Waals surface area contributed by atoms with Gasteiger partial charge in [0.15, 0.2) is 5.11 Å². The predicted molar refractivity (Wildman–Crippen MR) is 74.3 cm³/mol. The third kappa shape index (κ3) is 3.99. The number of halogens is 3. The van der Waals surface area contributed by atoms with Gasteiger partial charge in [-0.3, -0.25) is 5.43 Å². The highest BCUT2D eigenvalue weighted by Gasteiger charge is 2.04. The van der Waals surface area contributed by atoms with Gasteiger partial charge in [-0.2, -0.15) is 5.10 Å². The summed E-state index contributed by atoms with van der Waals surface area (Å²) in [5.41, 5.74) is 7.87. The van der Waals surface area contributed by atoms with Gasteiger partial charge in [0.1, 0.15) is 5.82 Å². The summed E-state index contributed by atoms with van der Waals surface area (Å²) in [7, 11) is 0. The molecule has 3 nitrogen and oxygen atoms in total. The zero-order chi connectivity index (χ0) is 11.4. The molecule has 80 valence electrons. The van der Waals surface area contributed by atoms with Crippen molar-refractivity contribution in [3.8, 4) is 0 Å². The average molecular weight is 402 g/mol. The molecule has 0 aliphatic rings. The molecule has 0 fully saturated rings. The highest BCUT2D eigenvalue weighted by molar-refractivity contribution is 14.1. The second-order valence-corrected chi connectivity index (χ2v) is 4.98. The van der Waals surface area contributed by atoms with Crippen LogP contribution in [0.3, 0.4) is 0 Å². The van der Waals surface area contributed by atoms with Crippen molar-refractivity contribution in [2.75, 3.05) is 0 Å². The van der Waals surface area contributed by atoms with E-state index in [9.17, 15) is 4.39 Å². The fourth-order valence-electron chi connectivity index (χ4n) is 0.802. The van der Waals surface area contributed by atoms with Crippen LogP contribution in [-0.4, -0.2) is 11.3 Å². The first-order chi connectivity index (χ1) is 7.00. The average Bonchev–Trinajstić information content (AvgIpc) is 2.13. The monoisotopic (exact) mass is 401 g/mol. The third-order valence-electron chi connectivity index (χ3n) is 1.42. The van der Waals surface area contributed by atoms with Crippen LogP contribution < -0.4 is 11.2 Å². The molecule has 0 aliphatic heterocycles. The molecule has 0 spiro atoms. The van der Waals surface area contributed by atoms with E-state index >= 15 is 0 Å². The van der Waals surface area contributed by atoms with Crippen LogP contribution in [0.5, 0.6) is 0 Å². The van der Waals surface area contributed by atoms with E-state index in [0.717, 1.165) is 3.57 Å². The standard InChI is InChI=1S/C8H6BrFIN3S/c9-5-2-6(10)4(1-7(5)11)3-13-14-8(12)15/h1-3H,(H3,12,14,15). The molecule has 0 saturated carbocycles. The van der Waals surface area contributed by atoms with E-state index in [1.165, 1.54) is 12.3 Å². The van der Waals surface area contributed by atoms with E-state index in [4.69, 9.17) is 5.73 Å². The Morgan fingerprint density at radius 1 is 1.67 bits per heavy atom. The van der Waals surface area contributed by atoms with Crippen molar-refractivity contribution >= 4 is 62.1 Å². The Labute approximate surface area is 114 Å². The molecule has 1 aromatic rings. The molecular formula is C8H6BrFIN3S. The molecule has 0 amide bonds. The van der Waals surface area contributed by atoms with Gasteiger partial charge in [0, 0.05) is 13.6 Å². The van der Waals surface area contributed by atoms with E-state index < -0.39 is 0 Å². The molecule has 3 N–H and O–H groups in total. The van der Waals surface area contributed by atoms with E-state index in [0.29, 0.717) is 10.0 Å². The molecular weight excluding hydrogens is 396 g/mol. The largest absolute Gasteiger partial charge is 0.375 e. The van der Waals surface area contributed by atoms with Crippen molar-refractivity contribution < 1.29 is 4.39 Å². The molecule has 0 aliphatic carbocycles. The molecule has 1 rings (SSSR count). The smallest absolute Gasteiger partial charge is 0.184 e. The van der Waals surface area contributed by atoms with Crippen molar-refractivity contribution in [2.45, 2.75) is 0 Å². The molecule has 0 atom stereocenters. The minimum atomic E-state index is -0.365. The van der Waals surface area contributed by atoms with Crippen molar-refractivity contribution in [1.82, 2.24) is 5.43 Å². The van der Waals surface area contributed by atoms with Crippen molar-refractivity contribution in [3.05, 3.63) is 31.6 Å². The normalized spacial score (nSPS) is 10.6. The number of hydrazone groups is 1. The van der Waals surface area contributed by atoms with Crippen LogP contribution in [0.4, 0.5) is 4.39 Å². The van der Waals surface area contributed by atoms with E-state index in [1.807, 2.05) is 0 Å². The summed E-state index contributed by atoms with van der Waals surface area (Å²) in [6.07, 6.45) is 1.32. The van der Waals surface area contributed by atoms with Crippen molar-refractivity contribution in [2.24, 2.45) is 10.8 Å². The lowest BCUT2D eigenvalue weighted by Gasteiger charge is -2.00. The van der Waals surface area contributed by atoms with Crippen molar-refractivity contribution in [1.29, 1.82) is 0 Å². The number of nitrogens with zero attached hydrogens (tertiary/aromatic N) is 1. The third-order valence-corrected chi connectivity index (χ3v) is 3.80. The Hall–Kier alpha value is -0.280. The quantitative estimate of drug-likeness (QED) is 0.263. The zero-order valence-corrected chi connectivity index (χ0v) is 11.9. The first kappa shape index (κ1) is 12.8. The van der Waals surface area contributed by atoms with Crippen LogP contribution in [-0.2, 0) is 0 Å². The minimum Gasteiger partial charge on any atom is -0.375 e. The number of thiocarbonyl (C=S) groups is 1. The van der Waals surface area contributed by atoms with Gasteiger partial charge in [-0.1, -0.05) is 0 Å². The van der Waals surface area contributed by atoms with Gasteiger partial charge in [0.25, 0.3) is 0 Å². The number of benzene rings is 1. The molecule has 0 unspecified atom stereocenters. The molecule has 0 heterocycles. The number of hydrogen-bond donors (Lipinski definition) is 2. The molecule has 0 radical (unpaired) electrons. The summed E-state index contributed by atoms with van der Waals surface area (Å²) >= 11 is 9.85. The molecule has 0 saturated heterocycles. The Kier molecular flexibility index (Phi) is 4.87. The van der Waals surface area contributed by atoms with Crippen LogP contribution in [0.1, 0.15) is 5.56 Å². The van der Waals surface area contributed by atoms with Crippen molar-refractivity contribution in [3.63, 3.8) is 0 Å². The Bertz CT molecular complexity index is 425. The maximum atomic E-state index is 13.3. The summed E-state index contributed by atoms with van der Waals surface area (Å²) in [5.74, 6) is -0.365. The van der Waals surface area contributed by atoms with Crippen LogP contribution in [0.2, 0.25) is 0 Å².